The SMILES string of the molecule is Cc1ccc(NC(=O)c2cc(-c3ccco3)nn2C)cc1. The number of carbonyl (C=O) groups is 1. The van der Waals surface area contributed by atoms with Gasteiger partial charge >= 0.3 is 0 Å². The zero-order chi connectivity index (χ0) is 14.8. The van der Waals surface area contributed by atoms with Gasteiger partial charge in [0.25, 0.3) is 5.91 Å². The number of nitrogens with zero attached hydrogens (tertiary/aromatic N) is 2. The summed E-state index contributed by atoms with van der Waals surface area (Å²) in [4.78, 5) is 12.3. The molecular formula is C16H15N3O2. The molecule has 5 nitrogen and oxygen atoms in total. The van der Waals surface area contributed by atoms with Crippen molar-refractivity contribution in [3.63, 3.8) is 0 Å². The Labute approximate surface area is 122 Å². The van der Waals surface area contributed by atoms with Gasteiger partial charge in [-0.15, -0.1) is 0 Å². The molecule has 1 amide bonds. The summed E-state index contributed by atoms with van der Waals surface area (Å²) < 4.78 is 6.83. The quantitative estimate of drug-likeness (QED) is 0.801. The molecule has 106 valence electrons. The molecule has 2 heterocycles. The third-order valence-corrected chi connectivity index (χ3v) is 3.20. The summed E-state index contributed by atoms with van der Waals surface area (Å²) in [5.41, 5.74) is 3.01. The first-order valence-corrected chi connectivity index (χ1v) is 6.59. The number of carbonyl (C=O) groups excluding carboxylic acids is 1. The maximum absolute atomic E-state index is 12.3. The van der Waals surface area contributed by atoms with E-state index >= 15 is 0 Å². The van der Waals surface area contributed by atoms with Crippen molar-refractivity contribution < 1.29 is 9.21 Å². The van der Waals surface area contributed by atoms with Gasteiger partial charge in [-0.2, -0.15) is 5.10 Å². The molecule has 0 spiro atoms. The maximum Gasteiger partial charge on any atom is 0.273 e. The Morgan fingerprint density at radius 3 is 2.67 bits per heavy atom. The number of hydrogen-bond acceptors (Lipinski definition) is 3. The van der Waals surface area contributed by atoms with Crippen molar-refractivity contribution in [2.75, 3.05) is 5.32 Å². The lowest BCUT2D eigenvalue weighted by atomic mass is 10.2. The van der Waals surface area contributed by atoms with Crippen LogP contribution in [0.25, 0.3) is 11.5 Å². The first kappa shape index (κ1) is 13.2. The highest BCUT2D eigenvalue weighted by atomic mass is 16.3. The molecule has 5 heteroatoms. The fourth-order valence-corrected chi connectivity index (χ4v) is 2.06. The predicted octanol–water partition coefficient (Wildman–Crippen LogP) is 3.24. The lowest BCUT2D eigenvalue weighted by Crippen LogP contribution is -2.15. The fourth-order valence-electron chi connectivity index (χ4n) is 2.06. The Balaban J connectivity index is 1.83. The van der Waals surface area contributed by atoms with Gasteiger partial charge in [0.1, 0.15) is 11.4 Å². The van der Waals surface area contributed by atoms with Gasteiger partial charge < -0.3 is 9.73 Å². The van der Waals surface area contributed by atoms with Crippen LogP contribution >= 0.6 is 0 Å². The Morgan fingerprint density at radius 1 is 1.24 bits per heavy atom. The summed E-state index contributed by atoms with van der Waals surface area (Å²) in [5.74, 6) is 0.437. The molecule has 0 radical (unpaired) electrons. The van der Waals surface area contributed by atoms with E-state index in [0.717, 1.165) is 11.3 Å². The van der Waals surface area contributed by atoms with Gasteiger partial charge in [0, 0.05) is 18.8 Å². The first-order valence-electron chi connectivity index (χ1n) is 6.59. The molecule has 0 aliphatic heterocycles. The zero-order valence-corrected chi connectivity index (χ0v) is 11.8. The number of anilines is 1. The van der Waals surface area contributed by atoms with E-state index in [9.17, 15) is 4.79 Å². The highest BCUT2D eigenvalue weighted by molar-refractivity contribution is 6.03. The summed E-state index contributed by atoms with van der Waals surface area (Å²) >= 11 is 0. The minimum Gasteiger partial charge on any atom is -0.463 e. The molecule has 1 N–H and O–H groups in total. The highest BCUT2D eigenvalue weighted by Gasteiger charge is 2.15. The third-order valence-electron chi connectivity index (χ3n) is 3.20. The van der Waals surface area contributed by atoms with Crippen molar-refractivity contribution in [3.05, 3.63) is 60.0 Å². The summed E-state index contributed by atoms with van der Waals surface area (Å²) in [5, 5.41) is 7.15. The van der Waals surface area contributed by atoms with Gasteiger partial charge in [0.15, 0.2) is 5.76 Å². The number of aromatic nitrogens is 2. The Bertz CT molecular complexity index is 755. The average Bonchev–Trinajstić information content (AvgIpc) is 3.10. The topological polar surface area (TPSA) is 60.1 Å². The number of amides is 1. The highest BCUT2D eigenvalue weighted by Crippen LogP contribution is 2.20. The van der Waals surface area contributed by atoms with Crippen LogP contribution in [0.5, 0.6) is 0 Å². The second kappa shape index (κ2) is 5.28. The number of nitrogens with one attached hydrogen (secondary N) is 1. The molecule has 3 rings (SSSR count). The van der Waals surface area contributed by atoms with E-state index in [1.807, 2.05) is 37.3 Å². The summed E-state index contributed by atoms with van der Waals surface area (Å²) in [6, 6.07) is 13.0. The van der Waals surface area contributed by atoms with E-state index in [2.05, 4.69) is 10.4 Å². The van der Waals surface area contributed by atoms with Crippen LogP contribution in [0.1, 0.15) is 16.1 Å². The largest absolute Gasteiger partial charge is 0.463 e. The van der Waals surface area contributed by atoms with Crippen LogP contribution in [0.3, 0.4) is 0 Å². The van der Waals surface area contributed by atoms with Crippen LogP contribution in [0.15, 0.2) is 53.1 Å². The standard InChI is InChI=1S/C16H15N3O2/c1-11-5-7-12(8-6-11)17-16(20)14-10-13(18-19(14)2)15-4-3-9-21-15/h3-10H,1-2H3,(H,17,20). The summed E-state index contributed by atoms with van der Waals surface area (Å²) in [7, 11) is 1.73. The number of furan rings is 1. The van der Waals surface area contributed by atoms with Crippen molar-refractivity contribution in [3.8, 4) is 11.5 Å². The van der Waals surface area contributed by atoms with Crippen LogP contribution in [0, 0.1) is 6.92 Å². The minimum absolute atomic E-state index is 0.202. The van der Waals surface area contributed by atoms with Crippen molar-refractivity contribution in [1.29, 1.82) is 0 Å². The number of benzene rings is 1. The lowest BCUT2D eigenvalue weighted by Gasteiger charge is -2.05. The normalized spacial score (nSPS) is 10.6. The number of rotatable bonds is 3. The lowest BCUT2D eigenvalue weighted by molar-refractivity contribution is 0.101. The Hall–Kier alpha value is -2.82. The van der Waals surface area contributed by atoms with E-state index in [0.29, 0.717) is 17.1 Å². The predicted molar refractivity (Wildman–Crippen MR) is 80.0 cm³/mol. The van der Waals surface area contributed by atoms with Crippen molar-refractivity contribution in [1.82, 2.24) is 9.78 Å². The zero-order valence-electron chi connectivity index (χ0n) is 11.8. The second-order valence-electron chi connectivity index (χ2n) is 4.84. The molecule has 3 aromatic rings. The monoisotopic (exact) mass is 281 g/mol. The van der Waals surface area contributed by atoms with E-state index < -0.39 is 0 Å². The molecular weight excluding hydrogens is 266 g/mol. The van der Waals surface area contributed by atoms with E-state index in [1.165, 1.54) is 0 Å². The number of hydrogen-bond donors (Lipinski definition) is 1. The van der Waals surface area contributed by atoms with Gasteiger partial charge in [-0.05, 0) is 31.2 Å². The molecule has 0 unspecified atom stereocenters. The van der Waals surface area contributed by atoms with Gasteiger partial charge in [0.2, 0.25) is 0 Å². The number of aryl methyl sites for hydroxylation is 2. The molecule has 0 aliphatic rings. The molecule has 0 saturated carbocycles. The summed E-state index contributed by atoms with van der Waals surface area (Å²) in [6.45, 7) is 2.00. The van der Waals surface area contributed by atoms with Gasteiger partial charge in [-0.1, -0.05) is 17.7 Å². The molecule has 0 saturated heterocycles. The third kappa shape index (κ3) is 2.72. The van der Waals surface area contributed by atoms with Crippen LogP contribution in [-0.2, 0) is 7.05 Å². The summed E-state index contributed by atoms with van der Waals surface area (Å²) in [6.07, 6.45) is 1.58. The van der Waals surface area contributed by atoms with Crippen LogP contribution in [0.2, 0.25) is 0 Å². The van der Waals surface area contributed by atoms with Gasteiger partial charge in [-0.25, -0.2) is 0 Å². The van der Waals surface area contributed by atoms with Crippen molar-refractivity contribution in [2.45, 2.75) is 6.92 Å². The van der Waals surface area contributed by atoms with Gasteiger partial charge in [-0.3, -0.25) is 9.48 Å². The molecule has 2 aromatic heterocycles. The molecule has 0 fully saturated rings. The Morgan fingerprint density at radius 2 is 2.00 bits per heavy atom. The molecule has 1 aromatic carbocycles. The Kier molecular flexibility index (Phi) is 3.31. The van der Waals surface area contributed by atoms with E-state index in [1.54, 1.807) is 30.1 Å². The first-order chi connectivity index (χ1) is 10.1. The molecule has 21 heavy (non-hydrogen) atoms. The van der Waals surface area contributed by atoms with E-state index in [-0.39, 0.29) is 5.91 Å². The van der Waals surface area contributed by atoms with Crippen molar-refractivity contribution in [2.24, 2.45) is 7.05 Å². The average molecular weight is 281 g/mol. The van der Waals surface area contributed by atoms with Gasteiger partial charge in [0.05, 0.1) is 6.26 Å². The molecule has 0 aliphatic carbocycles. The minimum atomic E-state index is -0.202. The van der Waals surface area contributed by atoms with Crippen LogP contribution < -0.4 is 5.32 Å². The molecule has 0 bridgehead atoms. The maximum atomic E-state index is 12.3. The van der Waals surface area contributed by atoms with Crippen molar-refractivity contribution >= 4 is 11.6 Å². The van der Waals surface area contributed by atoms with E-state index in [4.69, 9.17) is 4.42 Å². The second-order valence-corrected chi connectivity index (χ2v) is 4.84. The van der Waals surface area contributed by atoms with Crippen LogP contribution in [-0.4, -0.2) is 15.7 Å². The molecule has 0 atom stereocenters. The smallest absolute Gasteiger partial charge is 0.273 e. The fraction of sp³-hybridized carbons (Fsp3) is 0.125. The van der Waals surface area contributed by atoms with Crippen LogP contribution in [0.4, 0.5) is 5.69 Å².